The maximum absolute atomic E-state index is 12.1. The molecule has 15 aromatic carbocycles. The number of para-hydroxylation sites is 6. The molecule has 0 amide bonds. The molecule has 117 heavy (non-hydrogen) atoms. The topological polar surface area (TPSA) is 42.6 Å². The van der Waals surface area contributed by atoms with E-state index >= 15 is 0 Å². The molecule has 0 aliphatic carbocycles. The van der Waals surface area contributed by atoms with Crippen molar-refractivity contribution in [2.75, 3.05) is 9.80 Å². The Morgan fingerprint density at radius 1 is 0.291 bits per heavy atom. The standard InChI is InChI=1S/C110H95BN4O2/c1-106(2,3)70-36-28-32-66(56-70)83-64-85(68-34-30-38-72(58-68)108(7,8)9)102(104-99(83)81-44-20-26-50-97(81)116-104)114-93-62-75(112-89-46-22-16-40-77(89)78-41-17-23-47-90(78)112)52-54-87(93)111-88-55-53-76(113-91-48-24-18-42-79(91)80-43-19-25-49-92(80)113)63-94(88)115(96-61-74(110(13,14)15)60-95(114)101(96)111)103-86(69-35-31-39-73(59-69)109(10,11)12)65-84(67-33-29-37-71(57-67)107(4,5)6)100-82-45-21-27-51-98(82)117-105(100)103/h16-65H,1-15H3/i16D,17D,18D,19D,20D,21D,22D,23D,24D,25D,26D,27D,40D,41D,42D,43D,44D,45D,46D,47D,48D,49D,50D,51D,52D,53D,54D,55D,62D,63D,64D,65D. The Balaban J connectivity index is 1.09. The number of fused-ring (bicyclic) bond motifs is 16. The van der Waals surface area contributed by atoms with Gasteiger partial charge in [-0.1, -0.05) is 322 Å². The summed E-state index contributed by atoms with van der Waals surface area (Å²) >= 11 is 0. The van der Waals surface area contributed by atoms with Crippen LogP contribution in [0.2, 0.25) is 0 Å². The van der Waals surface area contributed by atoms with Crippen LogP contribution in [-0.2, 0) is 27.1 Å². The molecule has 0 unspecified atom stereocenters. The van der Waals surface area contributed by atoms with Crippen molar-refractivity contribution < 1.29 is 52.7 Å². The molecule has 6 heterocycles. The number of nitrogens with zero attached hydrogens (tertiary/aromatic N) is 4. The molecule has 6 nitrogen and oxygen atoms in total. The first-order valence-corrected chi connectivity index (χ1v) is 39.1. The van der Waals surface area contributed by atoms with Crippen LogP contribution >= 0.6 is 0 Å². The number of furan rings is 2. The van der Waals surface area contributed by atoms with E-state index in [1.807, 2.05) is 152 Å². The molecule has 21 rings (SSSR count). The van der Waals surface area contributed by atoms with Crippen LogP contribution in [0.15, 0.2) is 311 Å². The van der Waals surface area contributed by atoms with Gasteiger partial charge in [-0.2, -0.15) is 0 Å². The summed E-state index contributed by atoms with van der Waals surface area (Å²) < 4.78 is 345. The summed E-state index contributed by atoms with van der Waals surface area (Å²) in [4.78, 5) is 2.91. The Morgan fingerprint density at radius 3 is 0.915 bits per heavy atom. The van der Waals surface area contributed by atoms with Gasteiger partial charge in [-0.25, -0.2) is 0 Å². The number of hydrogen-bond donors (Lipinski definition) is 0. The molecule has 19 aromatic rings. The van der Waals surface area contributed by atoms with E-state index in [-0.39, 0.29) is 112 Å². The molecule has 2 aliphatic rings. The first-order chi connectivity index (χ1) is 69.5. The van der Waals surface area contributed by atoms with Crippen molar-refractivity contribution in [1.82, 2.24) is 9.13 Å². The van der Waals surface area contributed by atoms with Crippen LogP contribution < -0.4 is 26.2 Å². The molecule has 7 heteroatoms. The highest BCUT2D eigenvalue weighted by Crippen LogP contribution is 2.58. The predicted octanol–water partition coefficient (Wildman–Crippen LogP) is 28.9. The van der Waals surface area contributed by atoms with E-state index in [0.29, 0.717) is 22.3 Å². The molecule has 0 saturated carbocycles. The molecule has 0 atom stereocenters. The molecular weight excluding hydrogens is 1420 g/mol. The van der Waals surface area contributed by atoms with Crippen LogP contribution in [0.25, 0.3) is 143 Å². The van der Waals surface area contributed by atoms with E-state index in [2.05, 4.69) is 0 Å². The summed E-state index contributed by atoms with van der Waals surface area (Å²) in [5, 5.41) is -2.85. The van der Waals surface area contributed by atoms with Crippen molar-refractivity contribution in [3.8, 4) is 55.9 Å². The third-order valence-corrected chi connectivity index (χ3v) is 23.0. The molecule has 0 fully saturated rings. The zero-order valence-corrected chi connectivity index (χ0v) is 67.1. The predicted molar refractivity (Wildman–Crippen MR) is 499 cm³/mol. The van der Waals surface area contributed by atoms with Gasteiger partial charge in [-0.15, -0.1) is 0 Å². The molecule has 4 aromatic heterocycles. The van der Waals surface area contributed by atoms with E-state index < -0.39 is 304 Å². The monoisotopic (exact) mass is 1550 g/mol. The summed E-state index contributed by atoms with van der Waals surface area (Å²) in [5.74, 6) is 0. The zero-order chi connectivity index (χ0) is 108. The van der Waals surface area contributed by atoms with Gasteiger partial charge in [0.05, 0.1) is 77.3 Å². The van der Waals surface area contributed by atoms with Crippen molar-refractivity contribution in [3.05, 3.63) is 330 Å². The molecule has 0 spiro atoms. The maximum atomic E-state index is 12.1. The lowest BCUT2D eigenvalue weighted by molar-refractivity contribution is 0.590. The third kappa shape index (κ3) is 11.3. The minimum Gasteiger partial charge on any atom is -0.454 e. The average Bonchev–Trinajstić information content (AvgIpc) is 1.47. The molecule has 570 valence electrons. The Labute approximate surface area is 730 Å². The lowest BCUT2D eigenvalue weighted by Gasteiger charge is -2.46. The van der Waals surface area contributed by atoms with Crippen LogP contribution in [0.1, 0.15) is 176 Å². The van der Waals surface area contributed by atoms with Crippen LogP contribution in [0.5, 0.6) is 0 Å². The second-order valence-electron chi connectivity index (χ2n) is 35.6. The normalized spacial score (nSPS) is 17.2. The van der Waals surface area contributed by atoms with Gasteiger partial charge in [-0.3, -0.25) is 0 Å². The lowest BCUT2D eigenvalue weighted by atomic mass is 9.33. The van der Waals surface area contributed by atoms with Crippen molar-refractivity contribution >= 4 is 145 Å². The molecule has 0 bridgehead atoms. The Bertz CT molecular complexity index is 8750. The highest BCUT2D eigenvalue weighted by atomic mass is 16.3. The lowest BCUT2D eigenvalue weighted by Crippen LogP contribution is -2.61. The first kappa shape index (κ1) is 45.5. The highest BCUT2D eigenvalue weighted by molar-refractivity contribution is 7.00. The van der Waals surface area contributed by atoms with Crippen LogP contribution in [0.3, 0.4) is 0 Å². The van der Waals surface area contributed by atoms with E-state index in [4.69, 9.17) is 8.83 Å². The molecule has 0 N–H and O–H groups in total. The van der Waals surface area contributed by atoms with Crippen LogP contribution in [0.4, 0.5) is 34.1 Å². The average molecular weight is 1550 g/mol. The molecule has 0 saturated heterocycles. The Kier molecular flexibility index (Phi) is 10.0. The van der Waals surface area contributed by atoms with E-state index in [1.54, 1.807) is 60.7 Å². The van der Waals surface area contributed by atoms with E-state index in [9.17, 15) is 43.9 Å². The first-order valence-electron chi connectivity index (χ1n) is 55.1. The number of anilines is 6. The zero-order valence-electron chi connectivity index (χ0n) is 99.1. The summed E-state index contributed by atoms with van der Waals surface area (Å²) in [7, 11) is 0. The number of hydrogen-bond acceptors (Lipinski definition) is 4. The molecule has 0 radical (unpaired) electrons. The summed E-state index contributed by atoms with van der Waals surface area (Å²) in [5.41, 5.74) is -9.10. The smallest absolute Gasteiger partial charge is 0.252 e. The summed E-state index contributed by atoms with van der Waals surface area (Å²) in [6.07, 6.45) is 0. The highest BCUT2D eigenvalue weighted by Gasteiger charge is 2.47. The van der Waals surface area contributed by atoms with Gasteiger partial charge < -0.3 is 27.8 Å². The number of aromatic nitrogens is 2. The van der Waals surface area contributed by atoms with Crippen molar-refractivity contribution in [2.24, 2.45) is 0 Å². The Hall–Kier alpha value is -12.8. The fourth-order valence-electron chi connectivity index (χ4n) is 16.9. The number of benzene rings is 15. The quantitative estimate of drug-likeness (QED) is 0.142. The van der Waals surface area contributed by atoms with Gasteiger partial charge in [0.15, 0.2) is 11.2 Å². The Morgan fingerprint density at radius 2 is 0.590 bits per heavy atom. The van der Waals surface area contributed by atoms with Crippen molar-refractivity contribution in [3.63, 3.8) is 0 Å². The largest absolute Gasteiger partial charge is 0.454 e. The fourth-order valence-corrected chi connectivity index (χ4v) is 16.9. The third-order valence-electron chi connectivity index (χ3n) is 23.0. The van der Waals surface area contributed by atoms with Gasteiger partial charge in [-0.05, 0) is 189 Å². The van der Waals surface area contributed by atoms with Gasteiger partial charge in [0.25, 0.3) is 6.71 Å². The molecule has 2 aliphatic heterocycles. The maximum Gasteiger partial charge on any atom is 0.252 e. The van der Waals surface area contributed by atoms with Crippen LogP contribution in [0, 0.1) is 0 Å². The van der Waals surface area contributed by atoms with E-state index in [1.165, 1.54) is 9.80 Å². The molecular formula is C110H95BN4O2. The fraction of sp³-hybridized carbons (Fsp3) is 0.182. The van der Waals surface area contributed by atoms with Gasteiger partial charge in [0.2, 0.25) is 0 Å². The minimum atomic E-state index is -2.09. The van der Waals surface area contributed by atoms with Crippen molar-refractivity contribution in [2.45, 2.75) is 131 Å². The second kappa shape index (κ2) is 25.8. The number of rotatable bonds is 8. The second-order valence-corrected chi connectivity index (χ2v) is 35.6. The van der Waals surface area contributed by atoms with Gasteiger partial charge in [0.1, 0.15) is 11.2 Å². The summed E-state index contributed by atoms with van der Waals surface area (Å²) in [6.45, 7) is 27.0. The minimum absolute atomic E-state index is 0.0351. The SMILES string of the molecule is [2H]c1c([2H])c(-n2c3c([2H])c([2H])c([2H])c([2H])c3c3c([2H])c([2H])c([2H])c([2H])c32)c([2H])c2c1B1c3c(cc(C(C)(C)C)cc3N(c3c(-c4cccc(C(C)(C)C)c4)c([2H])c(-c4cccc(C(C)(C)C)c4)c4c3oc3c([2H])c([2H])c([2H])c([2H])c34)c3c([2H])c(-n4c5c([2H])c([2H])c([2H])c([2H])c5c5c([2H])c([2H])c([2H])c([2H])c54)c([2H])c([2H])c31)N2c1c(-c2cccc(C(C)(C)C)c2)c([2H])c(-c2cccc(C(C)(C)C)c2)c2c1oc1c([2H])c([2H])c([2H])c([2H])c12. The van der Waals surface area contributed by atoms with Gasteiger partial charge >= 0.3 is 0 Å². The van der Waals surface area contributed by atoms with Crippen molar-refractivity contribution in [1.29, 1.82) is 0 Å². The van der Waals surface area contributed by atoms with E-state index in [0.717, 1.165) is 20.3 Å². The van der Waals surface area contributed by atoms with Gasteiger partial charge in [0, 0.05) is 88.3 Å². The van der Waals surface area contributed by atoms with Crippen LogP contribution in [-0.4, -0.2) is 15.8 Å². The summed E-state index contributed by atoms with van der Waals surface area (Å²) in [6, 6.07) is 5.92.